The van der Waals surface area contributed by atoms with Crippen LogP contribution in [0.1, 0.15) is 0 Å². The second-order valence-corrected chi connectivity index (χ2v) is 3.42. The maximum atomic E-state index is 9.32. The molecule has 0 rings (SSSR count). The van der Waals surface area contributed by atoms with Crippen LogP contribution in [0.2, 0.25) is 0 Å². The molecule has 0 amide bonds. The van der Waals surface area contributed by atoms with Crippen molar-refractivity contribution in [2.45, 2.75) is 0 Å². The van der Waals surface area contributed by atoms with Crippen LogP contribution in [0.4, 0.5) is 0 Å². The van der Waals surface area contributed by atoms with Crippen LogP contribution in [0.15, 0.2) is 0 Å². The smallest absolute Gasteiger partial charge is 0.790 e. The van der Waals surface area contributed by atoms with E-state index in [1.807, 2.05) is 0 Å². The van der Waals surface area contributed by atoms with Crippen molar-refractivity contribution in [3.63, 3.8) is 0 Å². The topological polar surface area (TPSA) is 136 Å². The van der Waals surface area contributed by atoms with Gasteiger partial charge in [-0.2, -0.15) is 0 Å². The fraction of sp³-hybridized carbons (Fsp3) is 0. The predicted octanol–water partition coefficient (Wildman–Crippen LogP) is -3.34. The molecule has 0 aromatic carbocycles. The Balaban J connectivity index is -0.000000320. The number of rotatable bonds is 2. The molecule has 0 saturated carbocycles. The minimum Gasteiger partial charge on any atom is -0.790 e. The molecule has 11 heavy (non-hydrogen) atoms. The minimum atomic E-state index is -5.68. The van der Waals surface area contributed by atoms with Gasteiger partial charge in [-0.25, -0.2) is 0 Å². The molecule has 0 fully saturated rings. The van der Waals surface area contributed by atoms with Gasteiger partial charge in [-0.3, -0.25) is 0 Å². The first-order valence-corrected chi connectivity index (χ1v) is 4.38. The second kappa shape index (κ2) is 5.86. The first-order chi connectivity index (χ1) is 3.71. The van der Waals surface area contributed by atoms with Crippen LogP contribution < -0.4 is 19.6 Å². The Hall–Kier alpha value is 1.30. The maximum absolute atomic E-state index is 9.32. The predicted molar refractivity (Wildman–Crippen MR) is 16.3 cm³/mol. The van der Waals surface area contributed by atoms with Gasteiger partial charge >= 0.3 is 34.1 Å². The van der Waals surface area contributed by atoms with E-state index in [9.17, 15) is 28.7 Å². The SMILES string of the molecule is O=P([O-])([O-])OP(=O)([O-])[O-].[Mn+2].[Mn+2]. The quantitative estimate of drug-likeness (QED) is 0.381. The second-order valence-electron chi connectivity index (χ2n) is 0.976. The molecule has 0 heterocycles. The van der Waals surface area contributed by atoms with E-state index in [1.54, 1.807) is 0 Å². The Bertz CT molecular complexity index is 155. The summed E-state index contributed by atoms with van der Waals surface area (Å²) < 4.78 is 21.2. The van der Waals surface area contributed by atoms with E-state index in [1.165, 1.54) is 0 Å². The summed E-state index contributed by atoms with van der Waals surface area (Å²) in [4.78, 5) is 37.3. The molecule has 0 aromatic rings. The third kappa shape index (κ3) is 18.3. The fourth-order valence-electron chi connectivity index (χ4n) is 0.122. The molecule has 0 bridgehead atoms. The molecular formula is Mn2O7P2. The molecule has 0 unspecified atom stereocenters. The van der Waals surface area contributed by atoms with Gasteiger partial charge < -0.3 is 33.0 Å². The van der Waals surface area contributed by atoms with Gasteiger partial charge in [-0.05, 0) is 0 Å². The molecule has 0 aliphatic carbocycles. The van der Waals surface area contributed by atoms with E-state index in [0.29, 0.717) is 0 Å². The van der Waals surface area contributed by atoms with Gasteiger partial charge in [-0.1, -0.05) is 0 Å². The molecule has 0 aromatic heterocycles. The van der Waals surface area contributed by atoms with Crippen LogP contribution in [0.25, 0.3) is 0 Å². The standard InChI is InChI=1S/2Mn.H4O7P2/c;;1-8(2,3)7-9(4,5)6/h;;(H2,1,2,3)(H2,4,5,6)/q2*+2;/p-4. The molecule has 0 aliphatic rings. The Kier molecular flexibility index (Phi) is 9.68. The molecule has 2 radical (unpaired) electrons. The van der Waals surface area contributed by atoms with Crippen LogP contribution in [0, 0.1) is 0 Å². The van der Waals surface area contributed by atoms with Crippen molar-refractivity contribution >= 4 is 15.6 Å². The van der Waals surface area contributed by atoms with Crippen molar-refractivity contribution in [2.75, 3.05) is 0 Å². The first-order valence-electron chi connectivity index (χ1n) is 1.46. The van der Waals surface area contributed by atoms with E-state index in [4.69, 9.17) is 0 Å². The van der Waals surface area contributed by atoms with Gasteiger partial charge in [0.15, 0.2) is 0 Å². The third-order valence-electron chi connectivity index (χ3n) is 0.200. The largest absolute Gasteiger partial charge is 2.00 e. The van der Waals surface area contributed by atoms with Gasteiger partial charge in [0.1, 0.15) is 0 Å². The first kappa shape index (κ1) is 18.2. The normalized spacial score (nSPS) is 11.3. The summed E-state index contributed by atoms with van der Waals surface area (Å²) in [5.41, 5.74) is 0. The zero-order valence-corrected chi connectivity index (χ0v) is 8.66. The number of hydrogen-bond donors (Lipinski definition) is 0. The van der Waals surface area contributed by atoms with Crippen LogP contribution in [0.3, 0.4) is 0 Å². The Morgan fingerprint density at radius 1 is 0.818 bits per heavy atom. The van der Waals surface area contributed by atoms with Crippen molar-refractivity contribution < 1.29 is 67.2 Å². The molecule has 7 nitrogen and oxygen atoms in total. The van der Waals surface area contributed by atoms with Crippen LogP contribution in [-0.4, -0.2) is 0 Å². The molecule has 0 atom stereocenters. The average molecular weight is 284 g/mol. The summed E-state index contributed by atoms with van der Waals surface area (Å²) in [6, 6.07) is 0. The summed E-state index contributed by atoms with van der Waals surface area (Å²) in [7, 11) is -11.4. The molecule has 11 heteroatoms. The van der Waals surface area contributed by atoms with E-state index in [2.05, 4.69) is 4.31 Å². The molecule has 0 saturated heterocycles. The third-order valence-corrected chi connectivity index (χ3v) is 1.80. The fourth-order valence-corrected chi connectivity index (χ4v) is 1.10. The van der Waals surface area contributed by atoms with Gasteiger partial charge in [0.25, 0.3) is 0 Å². The van der Waals surface area contributed by atoms with Crippen molar-refractivity contribution in [1.29, 1.82) is 0 Å². The van der Waals surface area contributed by atoms with Crippen molar-refractivity contribution in [3.8, 4) is 0 Å². The molecule has 66 valence electrons. The zero-order chi connectivity index (χ0) is 7.71. The monoisotopic (exact) mass is 284 g/mol. The zero-order valence-electron chi connectivity index (χ0n) is 4.51. The Morgan fingerprint density at radius 2 is 1.00 bits per heavy atom. The van der Waals surface area contributed by atoms with Gasteiger partial charge in [-0.15, -0.1) is 0 Å². The molecule has 0 spiro atoms. The minimum absolute atomic E-state index is 0. The number of hydrogen-bond acceptors (Lipinski definition) is 7. The van der Waals surface area contributed by atoms with Crippen LogP contribution in [0.5, 0.6) is 0 Å². The van der Waals surface area contributed by atoms with Crippen LogP contribution >= 0.6 is 15.6 Å². The summed E-state index contributed by atoms with van der Waals surface area (Å²) in [6.07, 6.45) is 0. The van der Waals surface area contributed by atoms with Crippen molar-refractivity contribution in [3.05, 3.63) is 0 Å². The molecular weight excluding hydrogens is 284 g/mol. The van der Waals surface area contributed by atoms with Gasteiger partial charge in [0.2, 0.25) is 0 Å². The van der Waals surface area contributed by atoms with Crippen LogP contribution in [-0.2, 0) is 47.6 Å². The summed E-state index contributed by atoms with van der Waals surface area (Å²) in [6.45, 7) is 0. The van der Waals surface area contributed by atoms with Gasteiger partial charge in [0.05, 0.1) is 15.6 Å². The van der Waals surface area contributed by atoms with E-state index in [-0.39, 0.29) is 34.1 Å². The van der Waals surface area contributed by atoms with Gasteiger partial charge in [0, 0.05) is 0 Å². The van der Waals surface area contributed by atoms with Crippen molar-refractivity contribution in [1.82, 2.24) is 0 Å². The summed E-state index contributed by atoms with van der Waals surface area (Å²) in [5.74, 6) is 0. The van der Waals surface area contributed by atoms with E-state index in [0.717, 1.165) is 0 Å². The van der Waals surface area contributed by atoms with E-state index < -0.39 is 15.6 Å². The summed E-state index contributed by atoms with van der Waals surface area (Å²) in [5, 5.41) is 0. The number of phosphoric acid groups is 2. The van der Waals surface area contributed by atoms with E-state index >= 15 is 0 Å². The molecule has 0 N–H and O–H groups in total. The maximum Gasteiger partial charge on any atom is 2.00 e. The molecule has 0 aliphatic heterocycles. The summed E-state index contributed by atoms with van der Waals surface area (Å²) >= 11 is 0. The van der Waals surface area contributed by atoms with Crippen molar-refractivity contribution in [2.24, 2.45) is 0 Å². The average Bonchev–Trinajstić information content (AvgIpc) is 1.14. The Labute approximate surface area is 83.0 Å². The Morgan fingerprint density at radius 3 is 1.00 bits per heavy atom.